The van der Waals surface area contributed by atoms with Gasteiger partial charge in [0.1, 0.15) is 0 Å². The molecule has 0 radical (unpaired) electrons. The van der Waals surface area contributed by atoms with Crippen LogP contribution in [-0.2, 0) is 4.79 Å². The smallest absolute Gasteiger partial charge is 0.234 e. The highest BCUT2D eigenvalue weighted by Gasteiger charge is 2.15. The van der Waals surface area contributed by atoms with Gasteiger partial charge in [0.25, 0.3) is 0 Å². The van der Waals surface area contributed by atoms with Crippen molar-refractivity contribution in [3.8, 4) is 0 Å². The summed E-state index contributed by atoms with van der Waals surface area (Å²) in [4.78, 5) is 13.8. The van der Waals surface area contributed by atoms with Crippen LogP contribution in [0.15, 0.2) is 0 Å². The fourth-order valence-corrected chi connectivity index (χ4v) is 1.18. The average Bonchev–Trinajstić information content (AvgIpc) is 2.15. The summed E-state index contributed by atoms with van der Waals surface area (Å²) in [7, 11) is 1.83. The summed E-state index contributed by atoms with van der Waals surface area (Å²) in [5, 5.41) is 2.89. The molecule has 5 heteroatoms. The van der Waals surface area contributed by atoms with Crippen molar-refractivity contribution in [2.75, 3.05) is 13.6 Å². The van der Waals surface area contributed by atoms with Crippen LogP contribution in [0.25, 0.3) is 0 Å². The van der Waals surface area contributed by atoms with Gasteiger partial charge in [-0.25, -0.2) is 0 Å². The third kappa shape index (κ3) is 5.69. The van der Waals surface area contributed by atoms with Gasteiger partial charge < -0.3 is 11.1 Å². The Kier molecular flexibility index (Phi) is 6.43. The molecular formula is C10H21N3OS. The minimum atomic E-state index is -0.0531. The van der Waals surface area contributed by atoms with Crippen molar-refractivity contribution in [2.24, 2.45) is 5.73 Å². The Hall–Kier alpha value is -0.680. The van der Waals surface area contributed by atoms with Gasteiger partial charge in [-0.15, -0.1) is 0 Å². The molecule has 0 saturated carbocycles. The third-order valence-corrected chi connectivity index (χ3v) is 2.83. The zero-order valence-electron chi connectivity index (χ0n) is 9.91. The first kappa shape index (κ1) is 14.3. The number of nitrogens with zero attached hydrogens (tertiary/aromatic N) is 1. The number of likely N-dealkylation sites (N-methyl/N-ethyl adjacent to an activating group) is 1. The van der Waals surface area contributed by atoms with E-state index in [1.54, 1.807) is 0 Å². The van der Waals surface area contributed by atoms with Gasteiger partial charge in [-0.3, -0.25) is 9.69 Å². The second kappa shape index (κ2) is 6.74. The molecule has 0 spiro atoms. The van der Waals surface area contributed by atoms with Crippen LogP contribution in [0.3, 0.4) is 0 Å². The molecule has 1 amide bonds. The lowest BCUT2D eigenvalue weighted by atomic mass is 10.2. The van der Waals surface area contributed by atoms with Crippen molar-refractivity contribution in [3.05, 3.63) is 0 Å². The van der Waals surface area contributed by atoms with Gasteiger partial charge in [0, 0.05) is 6.04 Å². The summed E-state index contributed by atoms with van der Waals surface area (Å²) < 4.78 is 0. The number of carbonyl (C=O) groups is 1. The van der Waals surface area contributed by atoms with E-state index in [1.807, 2.05) is 32.7 Å². The Morgan fingerprint density at radius 3 is 2.47 bits per heavy atom. The van der Waals surface area contributed by atoms with E-state index in [0.717, 1.165) is 6.42 Å². The van der Waals surface area contributed by atoms with Crippen molar-refractivity contribution in [1.82, 2.24) is 10.2 Å². The van der Waals surface area contributed by atoms with E-state index in [-0.39, 0.29) is 18.0 Å². The summed E-state index contributed by atoms with van der Waals surface area (Å²) in [6.45, 7) is 6.23. The number of hydrogen-bond acceptors (Lipinski definition) is 3. The van der Waals surface area contributed by atoms with Crippen LogP contribution in [-0.4, -0.2) is 41.5 Å². The van der Waals surface area contributed by atoms with E-state index >= 15 is 0 Å². The van der Waals surface area contributed by atoms with E-state index in [2.05, 4.69) is 5.32 Å². The fourth-order valence-electron chi connectivity index (χ4n) is 1.00. The van der Waals surface area contributed by atoms with Gasteiger partial charge in [-0.1, -0.05) is 19.1 Å². The summed E-state index contributed by atoms with van der Waals surface area (Å²) in [5.41, 5.74) is 5.50. The lowest BCUT2D eigenvalue weighted by Crippen LogP contribution is -2.46. The molecule has 3 N–H and O–H groups in total. The topological polar surface area (TPSA) is 58.4 Å². The molecule has 0 fully saturated rings. The van der Waals surface area contributed by atoms with Crippen LogP contribution in [0.2, 0.25) is 0 Å². The first-order chi connectivity index (χ1) is 6.88. The maximum absolute atomic E-state index is 11.5. The number of carbonyl (C=O) groups excluding carboxylic acids is 1. The number of amides is 1. The second-order valence-electron chi connectivity index (χ2n) is 3.87. The van der Waals surface area contributed by atoms with Crippen LogP contribution in [0, 0.1) is 0 Å². The first-order valence-corrected chi connectivity index (χ1v) is 5.58. The van der Waals surface area contributed by atoms with Crippen molar-refractivity contribution < 1.29 is 4.79 Å². The fraction of sp³-hybridized carbons (Fsp3) is 0.800. The molecule has 0 heterocycles. The van der Waals surface area contributed by atoms with E-state index in [4.69, 9.17) is 18.0 Å². The summed E-state index contributed by atoms with van der Waals surface area (Å²) in [5.74, 6) is 0.00921. The highest BCUT2D eigenvalue weighted by atomic mass is 32.1. The average molecular weight is 231 g/mol. The molecule has 0 aliphatic rings. The number of nitrogens with two attached hydrogens (primary N) is 1. The Morgan fingerprint density at radius 1 is 1.53 bits per heavy atom. The lowest BCUT2D eigenvalue weighted by molar-refractivity contribution is -0.122. The SMILES string of the molecule is CCC(C)NC(=O)CN(C)C(C)C(N)=S. The molecule has 0 saturated heterocycles. The van der Waals surface area contributed by atoms with Crippen LogP contribution in [0.4, 0.5) is 0 Å². The molecule has 0 aromatic heterocycles. The van der Waals surface area contributed by atoms with Crippen molar-refractivity contribution in [3.63, 3.8) is 0 Å². The van der Waals surface area contributed by atoms with Crippen LogP contribution in [0.1, 0.15) is 27.2 Å². The minimum absolute atomic E-state index is 0.00921. The maximum Gasteiger partial charge on any atom is 0.234 e. The van der Waals surface area contributed by atoms with E-state index in [1.165, 1.54) is 0 Å². The molecule has 0 aromatic carbocycles. The van der Waals surface area contributed by atoms with Gasteiger partial charge >= 0.3 is 0 Å². The monoisotopic (exact) mass is 231 g/mol. The van der Waals surface area contributed by atoms with Crippen molar-refractivity contribution >= 4 is 23.1 Å². The van der Waals surface area contributed by atoms with Crippen molar-refractivity contribution in [1.29, 1.82) is 0 Å². The molecule has 15 heavy (non-hydrogen) atoms. The van der Waals surface area contributed by atoms with Crippen LogP contribution >= 0.6 is 12.2 Å². The minimum Gasteiger partial charge on any atom is -0.392 e. The van der Waals surface area contributed by atoms with Gasteiger partial charge in [0.05, 0.1) is 17.6 Å². The molecule has 0 aliphatic heterocycles. The van der Waals surface area contributed by atoms with Gasteiger partial charge in [-0.2, -0.15) is 0 Å². The standard InChI is InChI=1S/C10H21N3OS/c1-5-7(2)12-9(14)6-13(4)8(3)10(11)15/h7-8H,5-6H2,1-4H3,(H2,11,15)(H,12,14). The normalized spacial score (nSPS) is 14.7. The Bertz CT molecular complexity index is 233. The summed E-state index contributed by atoms with van der Waals surface area (Å²) in [6.07, 6.45) is 0.931. The Balaban J connectivity index is 4.01. The molecule has 2 atom stereocenters. The number of nitrogens with one attached hydrogen (secondary N) is 1. The molecule has 4 nitrogen and oxygen atoms in total. The Morgan fingerprint density at radius 2 is 2.07 bits per heavy atom. The molecule has 0 aromatic rings. The predicted octanol–water partition coefficient (Wildman–Crippen LogP) is 0.508. The zero-order chi connectivity index (χ0) is 12.0. The van der Waals surface area contributed by atoms with Crippen LogP contribution in [0.5, 0.6) is 0 Å². The molecule has 2 unspecified atom stereocenters. The van der Waals surface area contributed by atoms with E-state index in [9.17, 15) is 4.79 Å². The molecule has 0 rings (SSSR count). The Labute approximate surface area is 97.2 Å². The highest BCUT2D eigenvalue weighted by molar-refractivity contribution is 7.80. The van der Waals surface area contributed by atoms with Crippen molar-refractivity contribution in [2.45, 2.75) is 39.3 Å². The number of thiocarbonyl (C=S) groups is 1. The summed E-state index contributed by atoms with van der Waals surface area (Å²) in [6, 6.07) is 0.161. The van der Waals surface area contributed by atoms with Gasteiger partial charge in [0.2, 0.25) is 5.91 Å². The molecule has 0 aliphatic carbocycles. The molecule has 88 valence electrons. The number of rotatable bonds is 6. The molecular weight excluding hydrogens is 210 g/mol. The van der Waals surface area contributed by atoms with Gasteiger partial charge in [0.15, 0.2) is 0 Å². The lowest BCUT2D eigenvalue weighted by Gasteiger charge is -2.23. The zero-order valence-corrected chi connectivity index (χ0v) is 10.7. The van der Waals surface area contributed by atoms with Gasteiger partial charge in [-0.05, 0) is 27.3 Å². The molecule has 0 bridgehead atoms. The highest BCUT2D eigenvalue weighted by Crippen LogP contribution is 1.96. The predicted molar refractivity (Wildman–Crippen MR) is 66.8 cm³/mol. The van der Waals surface area contributed by atoms with E-state index in [0.29, 0.717) is 11.5 Å². The maximum atomic E-state index is 11.5. The first-order valence-electron chi connectivity index (χ1n) is 5.17. The summed E-state index contributed by atoms with van der Waals surface area (Å²) >= 11 is 4.86. The number of hydrogen-bond donors (Lipinski definition) is 2. The van der Waals surface area contributed by atoms with Crippen LogP contribution < -0.4 is 11.1 Å². The largest absolute Gasteiger partial charge is 0.392 e. The van der Waals surface area contributed by atoms with E-state index < -0.39 is 0 Å². The quantitative estimate of drug-likeness (QED) is 0.654. The third-order valence-electron chi connectivity index (χ3n) is 2.49. The second-order valence-corrected chi connectivity index (χ2v) is 4.34.